The fourth-order valence-corrected chi connectivity index (χ4v) is 12.5. The van der Waals surface area contributed by atoms with Crippen molar-refractivity contribution in [2.45, 2.75) is 95.6 Å². The van der Waals surface area contributed by atoms with E-state index in [0.29, 0.717) is 38.4 Å². The van der Waals surface area contributed by atoms with Crippen molar-refractivity contribution < 1.29 is 27.7 Å². The largest absolute Gasteiger partial charge is 0.480 e. The molecule has 1 amide bonds. The molecule has 8 rings (SSSR count). The molecule has 65 heavy (non-hydrogen) atoms. The SMILES string of the molecule is O=C(O)Cn1c(=O)/c(=C/c2ccc3c(c2)C2CCCC2N3c2ccc(C=C(c3ccccc3)c3ccccc3)cc2)s/c1=C1/SC(=S)N(CCCCCCCCCCCS(=O)(=O)O)C1=O. The van der Waals surface area contributed by atoms with Gasteiger partial charge >= 0.3 is 5.97 Å². The lowest BCUT2D eigenvalue weighted by Crippen LogP contribution is -2.35. The summed E-state index contributed by atoms with van der Waals surface area (Å²) in [6, 6.07) is 36.4. The van der Waals surface area contributed by atoms with E-state index in [1.807, 2.05) is 24.3 Å². The van der Waals surface area contributed by atoms with Gasteiger partial charge in [-0.1, -0.05) is 154 Å². The van der Waals surface area contributed by atoms with Crippen molar-refractivity contribution in [2.75, 3.05) is 17.2 Å². The molecule has 0 bridgehead atoms. The molecule has 3 aliphatic rings. The van der Waals surface area contributed by atoms with E-state index in [0.717, 1.165) is 133 Å². The van der Waals surface area contributed by atoms with E-state index in [1.165, 1.54) is 10.1 Å². The first-order valence-electron chi connectivity index (χ1n) is 22.5. The normalized spacial score (nSPS) is 18.1. The fourth-order valence-electron chi connectivity index (χ4n) is 9.40. The van der Waals surface area contributed by atoms with Gasteiger partial charge in [0.05, 0.1) is 10.3 Å². The molecule has 2 N–H and O–H groups in total. The first kappa shape index (κ1) is 46.4. The minimum absolute atomic E-state index is 0.190. The molecule has 1 aromatic heterocycles. The molecule has 3 heterocycles. The number of rotatable bonds is 19. The number of amides is 1. The Bertz CT molecular complexity index is 2830. The lowest BCUT2D eigenvalue weighted by atomic mass is 9.95. The second-order valence-corrected chi connectivity index (χ2v) is 21.2. The molecule has 0 radical (unpaired) electrons. The number of nitrogens with zero attached hydrogens (tertiary/aromatic N) is 3. The Kier molecular flexibility index (Phi) is 15.0. The van der Waals surface area contributed by atoms with Gasteiger partial charge in [-0.25, -0.2) is 0 Å². The molecule has 5 aromatic rings. The second kappa shape index (κ2) is 21.0. The number of carbonyl (C=O) groups excluding carboxylic acids is 1. The van der Waals surface area contributed by atoms with Crippen molar-refractivity contribution in [3.63, 3.8) is 0 Å². The van der Waals surface area contributed by atoms with Gasteiger partial charge in [0.15, 0.2) is 0 Å². The number of carboxylic acids is 1. The van der Waals surface area contributed by atoms with E-state index in [-0.39, 0.29) is 16.6 Å². The topological polar surface area (TPSA) is 137 Å². The monoisotopic (exact) mass is 947 g/mol. The number of carbonyl (C=O) groups is 2. The van der Waals surface area contributed by atoms with E-state index in [1.54, 1.807) is 4.90 Å². The zero-order valence-electron chi connectivity index (χ0n) is 36.1. The van der Waals surface area contributed by atoms with Crippen LogP contribution in [-0.4, -0.2) is 62.1 Å². The summed E-state index contributed by atoms with van der Waals surface area (Å²) < 4.78 is 32.8. The van der Waals surface area contributed by atoms with Crippen LogP contribution in [0.25, 0.3) is 22.6 Å². The summed E-state index contributed by atoms with van der Waals surface area (Å²) in [6.07, 6.45) is 15.2. The molecule has 2 aliphatic heterocycles. The Balaban J connectivity index is 0.984. The maximum atomic E-state index is 13.9. The molecule has 0 spiro atoms. The maximum absolute atomic E-state index is 13.9. The molecule has 2 atom stereocenters. The zero-order valence-corrected chi connectivity index (χ0v) is 39.4. The van der Waals surface area contributed by atoms with Gasteiger partial charge in [-0.05, 0) is 95.5 Å². The van der Waals surface area contributed by atoms with E-state index in [9.17, 15) is 27.9 Å². The Morgan fingerprint density at radius 1 is 0.785 bits per heavy atom. The molecule has 2 fully saturated rings. The van der Waals surface area contributed by atoms with E-state index < -0.39 is 28.2 Å². The molecule has 1 aliphatic carbocycles. The number of hydrogen-bond acceptors (Lipinski definition) is 9. The van der Waals surface area contributed by atoms with Crippen molar-refractivity contribution >= 4 is 95.6 Å². The van der Waals surface area contributed by atoms with E-state index >= 15 is 0 Å². The number of anilines is 2. The number of unbranched alkanes of at least 4 members (excludes halogenated alkanes) is 8. The molecule has 1 saturated heterocycles. The van der Waals surface area contributed by atoms with Crippen molar-refractivity contribution in [1.82, 2.24) is 9.47 Å². The first-order chi connectivity index (χ1) is 31.4. The Labute approximate surface area is 393 Å². The number of thiocarbonyl (C=S) groups is 1. The van der Waals surface area contributed by atoms with Crippen LogP contribution in [0.5, 0.6) is 0 Å². The summed E-state index contributed by atoms with van der Waals surface area (Å²) in [7, 11) is -3.89. The number of thiazole rings is 1. The Hall–Kier alpha value is -5.12. The van der Waals surface area contributed by atoms with Gasteiger partial charge in [0.25, 0.3) is 21.6 Å². The lowest BCUT2D eigenvalue weighted by molar-refractivity contribution is -0.137. The summed E-state index contributed by atoms with van der Waals surface area (Å²) in [5.41, 5.74) is 8.54. The van der Waals surface area contributed by atoms with Crippen LogP contribution in [0.4, 0.5) is 11.4 Å². The predicted molar refractivity (Wildman–Crippen MR) is 268 cm³/mol. The molecule has 10 nitrogen and oxygen atoms in total. The molecule has 14 heteroatoms. The van der Waals surface area contributed by atoms with E-state index in [4.69, 9.17) is 16.8 Å². The second-order valence-electron chi connectivity index (χ2n) is 17.0. The number of aliphatic carboxylic acids is 1. The number of aromatic nitrogens is 1. The van der Waals surface area contributed by atoms with Gasteiger partial charge in [0, 0.05) is 29.9 Å². The van der Waals surface area contributed by atoms with Crippen molar-refractivity contribution in [3.8, 4) is 0 Å². The number of hydrogen-bond donors (Lipinski definition) is 2. The summed E-state index contributed by atoms with van der Waals surface area (Å²) in [4.78, 5) is 44.1. The Morgan fingerprint density at radius 3 is 2.03 bits per heavy atom. The standard InChI is InChI=1S/C51H53N3O7S4/c55-46(56)34-53-48(57)45(63-50(53)47-49(58)52(51(62)64-47)29-14-6-4-2-1-3-5-7-15-30-65(59,60)61)33-36-25-28-44-42(32-36)40-21-16-22-43(40)54(44)39-26-23-35(24-27-39)31-41(37-17-10-8-11-18-37)38-19-12-9-13-20-38/h8-13,17-20,23-28,31-33,40,43H,1-7,14-16,21-22,29-30,34H2,(H,55,56)(H,59,60,61)/b45-33-,50-47+. The van der Waals surface area contributed by atoms with Crippen LogP contribution < -0.4 is 19.7 Å². The maximum Gasteiger partial charge on any atom is 0.323 e. The smallest absolute Gasteiger partial charge is 0.323 e. The van der Waals surface area contributed by atoms with E-state index in [2.05, 4.69) is 95.9 Å². The van der Waals surface area contributed by atoms with Crippen LogP contribution in [0.15, 0.2) is 108 Å². The summed E-state index contributed by atoms with van der Waals surface area (Å²) in [5.74, 6) is -1.33. The highest BCUT2D eigenvalue weighted by atomic mass is 32.2. The first-order valence-corrected chi connectivity index (χ1v) is 26.1. The molecule has 4 aromatic carbocycles. The third kappa shape index (κ3) is 11.1. The number of fused-ring (bicyclic) bond motifs is 3. The summed E-state index contributed by atoms with van der Waals surface area (Å²) >= 11 is 7.89. The number of thioether (sulfide) groups is 1. The average Bonchev–Trinajstić information content (AvgIpc) is 4.04. The van der Waals surface area contributed by atoms with Gasteiger partial charge in [-0.2, -0.15) is 8.42 Å². The highest BCUT2D eigenvalue weighted by Crippen LogP contribution is 2.52. The van der Waals surface area contributed by atoms with Crippen LogP contribution in [-0.2, 0) is 26.3 Å². The third-order valence-electron chi connectivity index (χ3n) is 12.5. The highest BCUT2D eigenvalue weighted by Gasteiger charge is 2.42. The van der Waals surface area contributed by atoms with Gasteiger partial charge in [-0.3, -0.25) is 28.4 Å². The summed E-state index contributed by atoms with van der Waals surface area (Å²) in [6.45, 7) is -0.128. The van der Waals surface area contributed by atoms with Gasteiger partial charge < -0.3 is 10.0 Å². The lowest BCUT2D eigenvalue weighted by Gasteiger charge is -2.27. The van der Waals surface area contributed by atoms with Crippen molar-refractivity contribution in [3.05, 3.63) is 150 Å². The molecule has 2 unspecified atom stereocenters. The summed E-state index contributed by atoms with van der Waals surface area (Å²) in [5, 5.41) is 9.83. The number of benzene rings is 4. The van der Waals surface area contributed by atoms with Crippen LogP contribution in [0, 0.1) is 0 Å². The predicted octanol–water partition coefficient (Wildman–Crippen LogP) is 9.57. The van der Waals surface area contributed by atoms with Gasteiger partial charge in [0.1, 0.15) is 20.4 Å². The molecule has 1 saturated carbocycles. The van der Waals surface area contributed by atoms with Crippen molar-refractivity contribution in [1.29, 1.82) is 0 Å². The quantitative estimate of drug-likeness (QED) is 0.0357. The molecular weight excluding hydrogens is 895 g/mol. The van der Waals surface area contributed by atoms with Gasteiger partial charge in [0.2, 0.25) is 0 Å². The van der Waals surface area contributed by atoms with Crippen LogP contribution in [0.2, 0.25) is 0 Å². The van der Waals surface area contributed by atoms with Gasteiger partial charge in [-0.15, -0.1) is 11.3 Å². The molecular formula is C51H53N3O7S4. The minimum atomic E-state index is -3.89. The highest BCUT2D eigenvalue weighted by molar-refractivity contribution is 8.30. The fraction of sp³-hybridized carbons (Fsp3) is 0.333. The molecule has 338 valence electrons. The Morgan fingerprint density at radius 2 is 1.40 bits per heavy atom. The minimum Gasteiger partial charge on any atom is -0.480 e. The number of carboxylic acid groups (broad SMARTS) is 1. The third-order valence-corrected chi connectivity index (χ3v) is 16.0. The van der Waals surface area contributed by atoms with Crippen LogP contribution >= 0.6 is 35.3 Å². The average molecular weight is 948 g/mol. The zero-order chi connectivity index (χ0) is 45.5. The van der Waals surface area contributed by atoms with Crippen molar-refractivity contribution in [2.24, 2.45) is 0 Å². The van der Waals surface area contributed by atoms with Crippen LogP contribution in [0.1, 0.15) is 111 Å². The van der Waals surface area contributed by atoms with Crippen LogP contribution in [0.3, 0.4) is 0 Å².